The number of aryl methyl sites for hydroxylation is 2. The van der Waals surface area contributed by atoms with Gasteiger partial charge in [0.2, 0.25) is 0 Å². The predicted octanol–water partition coefficient (Wildman–Crippen LogP) is 9.81. The molecule has 0 bridgehead atoms. The molecule has 0 aliphatic heterocycles. The molecule has 39 heavy (non-hydrogen) atoms. The lowest BCUT2D eigenvalue weighted by Crippen LogP contribution is -2.39. The molecular formula is C37H46O2. The molecule has 0 heterocycles. The summed E-state index contributed by atoms with van der Waals surface area (Å²) in [6.07, 6.45) is 0. The Morgan fingerprint density at radius 2 is 0.590 bits per heavy atom. The summed E-state index contributed by atoms with van der Waals surface area (Å²) in [5.41, 5.74) is 3.74. The lowest BCUT2D eigenvalue weighted by molar-refractivity contribution is 0.0509. The number of hydrogen-bond acceptors (Lipinski definition) is 2. The number of benzene rings is 5. The first-order chi connectivity index (χ1) is 18.2. The molecule has 1 aliphatic rings. The van der Waals surface area contributed by atoms with Crippen molar-refractivity contribution >= 4 is 21.5 Å². The van der Waals surface area contributed by atoms with Crippen molar-refractivity contribution < 1.29 is 10.2 Å². The maximum atomic E-state index is 10.8. The largest absolute Gasteiger partial charge is 0.381 e. The van der Waals surface area contributed by atoms with Gasteiger partial charge in [0.05, 0.1) is 0 Å². The molecule has 0 fully saturated rings. The third-order valence-electron chi connectivity index (χ3n) is 7.42. The highest BCUT2D eigenvalue weighted by Gasteiger charge is 2.43. The first-order valence-corrected chi connectivity index (χ1v) is 13.8. The smallest absolute Gasteiger partial charge is 0.113 e. The molecule has 0 saturated carbocycles. The molecule has 0 radical (unpaired) electrons. The molecule has 2 heteroatoms. The molecule has 6 rings (SSSR count). The van der Waals surface area contributed by atoms with Crippen LogP contribution >= 0.6 is 0 Å². The van der Waals surface area contributed by atoms with E-state index in [1.165, 1.54) is 32.7 Å². The second kappa shape index (κ2) is 13.1. The maximum absolute atomic E-state index is 10.8. The van der Waals surface area contributed by atoms with Crippen LogP contribution in [0.4, 0.5) is 0 Å². The number of rotatable bonds is 0. The van der Waals surface area contributed by atoms with Crippen molar-refractivity contribution in [2.75, 3.05) is 0 Å². The van der Waals surface area contributed by atoms with Gasteiger partial charge in [-0.2, -0.15) is 0 Å². The number of hydrogen-bond donors (Lipinski definition) is 2. The van der Waals surface area contributed by atoms with Gasteiger partial charge in [-0.3, -0.25) is 0 Å². The van der Waals surface area contributed by atoms with Crippen molar-refractivity contribution in [2.45, 2.75) is 74.0 Å². The fourth-order valence-electron chi connectivity index (χ4n) is 5.52. The average molecular weight is 523 g/mol. The van der Waals surface area contributed by atoms with Crippen LogP contribution in [0.25, 0.3) is 21.5 Å². The molecular weight excluding hydrogens is 476 g/mol. The van der Waals surface area contributed by atoms with Crippen LogP contribution in [0.5, 0.6) is 0 Å². The van der Waals surface area contributed by atoms with E-state index in [1.54, 1.807) is 13.8 Å². The summed E-state index contributed by atoms with van der Waals surface area (Å²) in [4.78, 5) is 0. The van der Waals surface area contributed by atoms with Gasteiger partial charge in [0.25, 0.3) is 0 Å². The topological polar surface area (TPSA) is 40.5 Å². The van der Waals surface area contributed by atoms with E-state index < -0.39 is 11.2 Å². The average Bonchev–Trinajstić information content (AvgIpc) is 2.98. The van der Waals surface area contributed by atoms with Crippen LogP contribution in [-0.2, 0) is 11.2 Å². The summed E-state index contributed by atoms with van der Waals surface area (Å²) in [6, 6.07) is 32.4. The molecule has 5 aromatic carbocycles. The quantitative estimate of drug-likeness (QED) is 0.199. The van der Waals surface area contributed by atoms with Gasteiger partial charge in [-0.05, 0) is 82.6 Å². The summed E-state index contributed by atoms with van der Waals surface area (Å²) in [6.45, 7) is 16.0. The lowest BCUT2D eigenvalue weighted by Gasteiger charge is -2.41. The molecule has 2 nitrogen and oxygen atoms in total. The van der Waals surface area contributed by atoms with Gasteiger partial charge >= 0.3 is 0 Å². The van der Waals surface area contributed by atoms with Crippen molar-refractivity contribution in [1.82, 2.24) is 0 Å². The van der Waals surface area contributed by atoms with Crippen LogP contribution in [-0.4, -0.2) is 10.2 Å². The van der Waals surface area contributed by atoms with Crippen LogP contribution in [0.2, 0.25) is 0 Å². The van der Waals surface area contributed by atoms with E-state index in [0.29, 0.717) is 0 Å². The molecule has 0 spiro atoms. The van der Waals surface area contributed by atoms with Gasteiger partial charge in [-0.25, -0.2) is 0 Å². The van der Waals surface area contributed by atoms with Crippen molar-refractivity contribution in [3.8, 4) is 0 Å². The third kappa shape index (κ3) is 5.64. The fraction of sp³-hybridized carbons (Fsp3) is 0.297. The highest BCUT2D eigenvalue weighted by Crippen LogP contribution is 2.47. The van der Waals surface area contributed by atoms with Crippen LogP contribution in [0.15, 0.2) is 97.1 Å². The van der Waals surface area contributed by atoms with E-state index >= 15 is 0 Å². The van der Waals surface area contributed by atoms with E-state index in [1.807, 2.05) is 76.2 Å². The first-order valence-electron chi connectivity index (χ1n) is 13.8. The predicted molar refractivity (Wildman–Crippen MR) is 171 cm³/mol. The summed E-state index contributed by atoms with van der Waals surface area (Å²) in [5.74, 6) is 0. The van der Waals surface area contributed by atoms with Crippen molar-refractivity contribution in [2.24, 2.45) is 0 Å². The minimum absolute atomic E-state index is 0. The Bertz CT molecular complexity index is 1300. The van der Waals surface area contributed by atoms with Gasteiger partial charge < -0.3 is 10.2 Å². The molecule has 2 N–H and O–H groups in total. The van der Waals surface area contributed by atoms with E-state index in [4.69, 9.17) is 0 Å². The highest BCUT2D eigenvalue weighted by atomic mass is 16.3. The molecule has 0 unspecified atom stereocenters. The Morgan fingerprint density at radius 1 is 0.410 bits per heavy atom. The highest BCUT2D eigenvalue weighted by molar-refractivity contribution is 6.05. The van der Waals surface area contributed by atoms with Gasteiger partial charge in [0, 0.05) is 0 Å². The Morgan fingerprint density at radius 3 is 0.795 bits per heavy atom. The summed E-state index contributed by atoms with van der Waals surface area (Å²) < 4.78 is 0. The normalized spacial score (nSPS) is 18.5. The second-order valence-corrected chi connectivity index (χ2v) is 9.58. The second-order valence-electron chi connectivity index (χ2n) is 9.58. The standard InChI is InChI=1S/C16H16O2.C16H14.2C2H6.CH4/c1-15(17)11-7-3-5-9-13(11)16(2,18)14-10-6-4-8-12(14)15;1-11-13-7-3-5-9-15(13)12(2)16-10-6-4-8-14(11)16;2*1-2;/h3-10,17-18H,1-2H3;3-10H,1-2H3;2*1-2H3;1H4. The zero-order chi connectivity index (χ0) is 28.1. The molecule has 5 aromatic rings. The van der Waals surface area contributed by atoms with Gasteiger partial charge in [0.1, 0.15) is 11.2 Å². The van der Waals surface area contributed by atoms with Crippen LogP contribution in [0.1, 0.15) is 82.3 Å². The lowest BCUT2D eigenvalue weighted by atomic mass is 9.69. The minimum Gasteiger partial charge on any atom is -0.381 e. The summed E-state index contributed by atoms with van der Waals surface area (Å²) in [5, 5.41) is 27.1. The van der Waals surface area contributed by atoms with Gasteiger partial charge in [-0.1, -0.05) is 132 Å². The van der Waals surface area contributed by atoms with E-state index in [2.05, 4.69) is 62.4 Å². The molecule has 1 aliphatic carbocycles. The molecule has 0 amide bonds. The summed E-state index contributed by atoms with van der Waals surface area (Å²) in [7, 11) is 0. The van der Waals surface area contributed by atoms with Crippen molar-refractivity contribution in [1.29, 1.82) is 0 Å². The zero-order valence-corrected chi connectivity index (χ0v) is 24.1. The van der Waals surface area contributed by atoms with Crippen LogP contribution in [0, 0.1) is 13.8 Å². The Labute approximate surface area is 236 Å². The zero-order valence-electron chi connectivity index (χ0n) is 24.1. The number of fused-ring (bicyclic) bond motifs is 4. The summed E-state index contributed by atoms with van der Waals surface area (Å²) >= 11 is 0. The Kier molecular flexibility index (Phi) is 10.6. The molecule has 206 valence electrons. The minimum atomic E-state index is -1.06. The van der Waals surface area contributed by atoms with Gasteiger partial charge in [0.15, 0.2) is 0 Å². The maximum Gasteiger partial charge on any atom is 0.113 e. The van der Waals surface area contributed by atoms with E-state index in [-0.39, 0.29) is 7.43 Å². The van der Waals surface area contributed by atoms with E-state index in [9.17, 15) is 10.2 Å². The van der Waals surface area contributed by atoms with Gasteiger partial charge in [-0.15, -0.1) is 0 Å². The SMILES string of the molecule is C.CC.CC.CC1(O)c2ccccc2C(C)(O)c2ccccc21.Cc1c2ccccc2c(C)c2ccccc12. The first kappa shape index (κ1) is 31.8. The Balaban J connectivity index is 0.000000239. The fourth-order valence-corrected chi connectivity index (χ4v) is 5.52. The molecule has 0 atom stereocenters. The van der Waals surface area contributed by atoms with Crippen molar-refractivity contribution in [3.63, 3.8) is 0 Å². The molecule has 0 saturated heterocycles. The number of aliphatic hydroxyl groups is 2. The van der Waals surface area contributed by atoms with E-state index in [0.717, 1.165) is 22.3 Å². The Hall–Kier alpha value is -3.46. The van der Waals surface area contributed by atoms with Crippen LogP contribution < -0.4 is 0 Å². The van der Waals surface area contributed by atoms with Crippen LogP contribution in [0.3, 0.4) is 0 Å². The molecule has 0 aromatic heterocycles. The monoisotopic (exact) mass is 522 g/mol. The third-order valence-corrected chi connectivity index (χ3v) is 7.42. The van der Waals surface area contributed by atoms with Crippen molar-refractivity contribution in [3.05, 3.63) is 130 Å².